The van der Waals surface area contributed by atoms with Crippen molar-refractivity contribution in [1.82, 2.24) is 4.98 Å². The Kier molecular flexibility index (Phi) is 4.14. The van der Waals surface area contributed by atoms with Gasteiger partial charge in [0.2, 0.25) is 0 Å². The van der Waals surface area contributed by atoms with Gasteiger partial charge in [0.25, 0.3) is 0 Å². The van der Waals surface area contributed by atoms with Gasteiger partial charge in [0.1, 0.15) is 10.8 Å². The van der Waals surface area contributed by atoms with Crippen LogP contribution in [0.1, 0.15) is 24.0 Å². The van der Waals surface area contributed by atoms with E-state index in [4.69, 9.17) is 22.7 Å². The highest BCUT2D eigenvalue weighted by Crippen LogP contribution is 2.22. The van der Waals surface area contributed by atoms with Crippen LogP contribution in [0.15, 0.2) is 12.3 Å². The summed E-state index contributed by atoms with van der Waals surface area (Å²) in [5.41, 5.74) is 7.73. The number of nitrogens with two attached hydrogens (primary N) is 1. The molecule has 98 valence electrons. The second kappa shape index (κ2) is 5.63. The van der Waals surface area contributed by atoms with Gasteiger partial charge in [-0.25, -0.2) is 4.98 Å². The summed E-state index contributed by atoms with van der Waals surface area (Å²) in [5.74, 6) is 0.845. The zero-order chi connectivity index (χ0) is 13.1. The largest absolute Gasteiger partial charge is 0.389 e. The topological polar surface area (TPSA) is 51.4 Å². The molecule has 0 saturated carbocycles. The first kappa shape index (κ1) is 13.2. The Morgan fingerprint density at radius 1 is 1.67 bits per heavy atom. The summed E-state index contributed by atoms with van der Waals surface area (Å²) in [4.78, 5) is 6.88. The van der Waals surface area contributed by atoms with Gasteiger partial charge < -0.3 is 15.4 Å². The third-order valence-electron chi connectivity index (χ3n) is 3.25. The normalized spacial score (nSPS) is 18.9. The summed E-state index contributed by atoms with van der Waals surface area (Å²) in [6.45, 7) is 3.69. The minimum absolute atomic E-state index is 0.288. The van der Waals surface area contributed by atoms with E-state index in [-0.39, 0.29) is 6.10 Å². The van der Waals surface area contributed by atoms with Crippen molar-refractivity contribution in [3.8, 4) is 0 Å². The molecule has 1 aliphatic rings. The summed E-state index contributed by atoms with van der Waals surface area (Å²) < 4.78 is 5.64. The molecule has 1 aromatic heterocycles. The van der Waals surface area contributed by atoms with Crippen LogP contribution in [0, 0.1) is 6.92 Å². The van der Waals surface area contributed by atoms with Gasteiger partial charge >= 0.3 is 0 Å². The molecule has 0 amide bonds. The first-order valence-corrected chi connectivity index (χ1v) is 6.58. The van der Waals surface area contributed by atoms with Crippen LogP contribution in [0.4, 0.5) is 5.82 Å². The van der Waals surface area contributed by atoms with Crippen molar-refractivity contribution in [2.45, 2.75) is 25.9 Å². The second-order valence-electron chi connectivity index (χ2n) is 4.71. The number of hydrogen-bond donors (Lipinski definition) is 1. The van der Waals surface area contributed by atoms with Crippen molar-refractivity contribution < 1.29 is 4.74 Å². The number of pyridine rings is 1. The predicted molar refractivity (Wildman–Crippen MR) is 77.1 cm³/mol. The average molecular weight is 265 g/mol. The highest BCUT2D eigenvalue weighted by Gasteiger charge is 2.20. The molecule has 2 rings (SSSR count). The molecule has 4 nitrogen and oxygen atoms in total. The number of likely N-dealkylation sites (N-methyl/N-ethyl adjacent to an activating group) is 1. The van der Waals surface area contributed by atoms with Crippen LogP contribution in [0.2, 0.25) is 0 Å². The second-order valence-corrected chi connectivity index (χ2v) is 5.15. The van der Waals surface area contributed by atoms with Gasteiger partial charge in [0.15, 0.2) is 0 Å². The number of hydrogen-bond acceptors (Lipinski definition) is 4. The molecular formula is C13H19N3OS. The highest BCUT2D eigenvalue weighted by atomic mass is 32.1. The molecule has 1 unspecified atom stereocenters. The van der Waals surface area contributed by atoms with Crippen molar-refractivity contribution in [2.24, 2.45) is 5.73 Å². The lowest BCUT2D eigenvalue weighted by molar-refractivity contribution is 0.116. The number of aryl methyl sites for hydroxylation is 1. The number of anilines is 1. The van der Waals surface area contributed by atoms with Gasteiger partial charge in [-0.2, -0.15) is 0 Å². The molecule has 1 aromatic rings. The maximum Gasteiger partial charge on any atom is 0.138 e. The Morgan fingerprint density at radius 2 is 2.44 bits per heavy atom. The fourth-order valence-corrected chi connectivity index (χ4v) is 2.57. The number of rotatable bonds is 4. The van der Waals surface area contributed by atoms with Crippen LogP contribution in [0.3, 0.4) is 0 Å². The van der Waals surface area contributed by atoms with E-state index in [2.05, 4.69) is 9.88 Å². The van der Waals surface area contributed by atoms with E-state index in [1.807, 2.05) is 20.0 Å². The molecule has 1 aliphatic heterocycles. The van der Waals surface area contributed by atoms with E-state index >= 15 is 0 Å². The van der Waals surface area contributed by atoms with Gasteiger partial charge in [-0.05, 0) is 31.4 Å². The quantitative estimate of drug-likeness (QED) is 0.839. The maximum absolute atomic E-state index is 5.79. The highest BCUT2D eigenvalue weighted by molar-refractivity contribution is 7.80. The first-order chi connectivity index (χ1) is 8.59. The van der Waals surface area contributed by atoms with E-state index in [0.29, 0.717) is 4.99 Å². The molecule has 0 aromatic carbocycles. The van der Waals surface area contributed by atoms with Gasteiger partial charge in [-0.1, -0.05) is 12.2 Å². The molecule has 5 heteroatoms. The molecule has 2 heterocycles. The zero-order valence-electron chi connectivity index (χ0n) is 10.8. The summed E-state index contributed by atoms with van der Waals surface area (Å²) in [6.07, 6.45) is 4.33. The number of ether oxygens (including phenoxy) is 1. The van der Waals surface area contributed by atoms with E-state index in [9.17, 15) is 0 Å². The van der Waals surface area contributed by atoms with Crippen LogP contribution in [-0.2, 0) is 4.74 Å². The predicted octanol–water partition coefficient (Wildman–Crippen LogP) is 1.64. The van der Waals surface area contributed by atoms with Crippen molar-refractivity contribution in [1.29, 1.82) is 0 Å². The number of aromatic nitrogens is 1. The molecule has 0 bridgehead atoms. The van der Waals surface area contributed by atoms with Crippen molar-refractivity contribution in [3.05, 3.63) is 23.4 Å². The Bertz CT molecular complexity index is 444. The summed E-state index contributed by atoms with van der Waals surface area (Å²) in [6, 6.07) is 1.93. The molecule has 0 spiro atoms. The third kappa shape index (κ3) is 2.79. The molecule has 1 fully saturated rings. The Balaban J connectivity index is 2.20. The number of nitrogens with zero attached hydrogens (tertiary/aromatic N) is 2. The van der Waals surface area contributed by atoms with Gasteiger partial charge in [-0.15, -0.1) is 0 Å². The first-order valence-electron chi connectivity index (χ1n) is 6.17. The monoisotopic (exact) mass is 265 g/mol. The van der Waals surface area contributed by atoms with Crippen LogP contribution in [0.5, 0.6) is 0 Å². The van der Waals surface area contributed by atoms with Gasteiger partial charge in [0, 0.05) is 26.4 Å². The Labute approximate surface area is 113 Å². The maximum atomic E-state index is 5.79. The lowest BCUT2D eigenvalue weighted by Crippen LogP contribution is -2.31. The van der Waals surface area contributed by atoms with E-state index in [1.165, 1.54) is 0 Å². The van der Waals surface area contributed by atoms with Crippen molar-refractivity contribution in [2.75, 3.05) is 25.1 Å². The summed E-state index contributed by atoms with van der Waals surface area (Å²) in [7, 11) is 2.01. The smallest absolute Gasteiger partial charge is 0.138 e. The molecule has 18 heavy (non-hydrogen) atoms. The minimum Gasteiger partial charge on any atom is -0.389 e. The SMILES string of the molecule is Cc1ccnc(N(C)CC2CCCO2)c1C(N)=S. The fourth-order valence-electron chi connectivity index (χ4n) is 2.32. The van der Waals surface area contributed by atoms with Crippen LogP contribution in [-0.4, -0.2) is 36.3 Å². The van der Waals surface area contributed by atoms with Gasteiger partial charge in [0.05, 0.1) is 11.7 Å². The molecule has 2 N–H and O–H groups in total. The van der Waals surface area contributed by atoms with E-state index in [1.54, 1.807) is 6.20 Å². The zero-order valence-corrected chi connectivity index (χ0v) is 11.7. The van der Waals surface area contributed by atoms with Crippen molar-refractivity contribution in [3.63, 3.8) is 0 Å². The molecule has 0 aliphatic carbocycles. The fraction of sp³-hybridized carbons (Fsp3) is 0.538. The van der Waals surface area contributed by atoms with Crippen LogP contribution in [0.25, 0.3) is 0 Å². The average Bonchev–Trinajstić information content (AvgIpc) is 2.80. The Morgan fingerprint density at radius 3 is 3.06 bits per heavy atom. The lowest BCUT2D eigenvalue weighted by atomic mass is 10.1. The van der Waals surface area contributed by atoms with Gasteiger partial charge in [-0.3, -0.25) is 0 Å². The van der Waals surface area contributed by atoms with Crippen LogP contribution < -0.4 is 10.6 Å². The van der Waals surface area contributed by atoms with E-state index in [0.717, 1.165) is 42.9 Å². The molecular weight excluding hydrogens is 246 g/mol. The molecule has 0 radical (unpaired) electrons. The Hall–Kier alpha value is -1.20. The summed E-state index contributed by atoms with van der Waals surface area (Å²) >= 11 is 5.12. The molecule has 1 saturated heterocycles. The molecule has 1 atom stereocenters. The standard InChI is InChI=1S/C13H19N3OS/c1-9-5-6-15-13(11(9)12(14)18)16(2)8-10-4-3-7-17-10/h5-6,10H,3-4,7-8H2,1-2H3,(H2,14,18). The third-order valence-corrected chi connectivity index (χ3v) is 3.45. The van der Waals surface area contributed by atoms with Crippen LogP contribution >= 0.6 is 12.2 Å². The van der Waals surface area contributed by atoms with E-state index < -0.39 is 0 Å². The van der Waals surface area contributed by atoms with Crippen molar-refractivity contribution >= 4 is 23.0 Å². The summed E-state index contributed by atoms with van der Waals surface area (Å²) in [5, 5.41) is 0. The minimum atomic E-state index is 0.288. The number of thiocarbonyl (C=S) groups is 1. The lowest BCUT2D eigenvalue weighted by Gasteiger charge is -2.24.